The van der Waals surface area contributed by atoms with E-state index < -0.39 is 12.1 Å². The topological polar surface area (TPSA) is 58.6 Å². The van der Waals surface area contributed by atoms with Crippen LogP contribution in [0, 0.1) is 11.6 Å². The van der Waals surface area contributed by atoms with E-state index in [1.54, 1.807) is 23.1 Å². The third-order valence-corrected chi connectivity index (χ3v) is 6.43. The number of fused-ring (bicyclic) bond motifs is 1. The van der Waals surface area contributed by atoms with Crippen LogP contribution in [0.15, 0.2) is 66.7 Å². The lowest BCUT2D eigenvalue weighted by Crippen LogP contribution is -2.40. The van der Waals surface area contributed by atoms with E-state index in [1.807, 2.05) is 38.1 Å². The van der Waals surface area contributed by atoms with Crippen molar-refractivity contribution in [2.24, 2.45) is 0 Å². The van der Waals surface area contributed by atoms with Crippen LogP contribution in [0.4, 0.5) is 8.78 Å². The molecule has 2 amide bonds. The van der Waals surface area contributed by atoms with Crippen LogP contribution in [0.3, 0.4) is 0 Å². The van der Waals surface area contributed by atoms with Crippen molar-refractivity contribution in [1.29, 1.82) is 0 Å². The van der Waals surface area contributed by atoms with Gasteiger partial charge in [-0.15, -0.1) is 0 Å². The number of hydrogen-bond donors (Lipinski definition) is 1. The van der Waals surface area contributed by atoms with Crippen molar-refractivity contribution in [2.45, 2.75) is 51.8 Å². The van der Waals surface area contributed by atoms with Crippen LogP contribution in [0.5, 0.6) is 5.75 Å². The van der Waals surface area contributed by atoms with Crippen molar-refractivity contribution < 1.29 is 23.1 Å². The Labute approximate surface area is 210 Å². The Morgan fingerprint density at radius 2 is 1.78 bits per heavy atom. The van der Waals surface area contributed by atoms with E-state index in [-0.39, 0.29) is 30.0 Å². The Kier molecular flexibility index (Phi) is 7.98. The van der Waals surface area contributed by atoms with Crippen LogP contribution < -0.4 is 10.1 Å². The van der Waals surface area contributed by atoms with Gasteiger partial charge in [0.15, 0.2) is 6.10 Å². The van der Waals surface area contributed by atoms with Gasteiger partial charge in [-0.25, -0.2) is 8.78 Å². The second-order valence-corrected chi connectivity index (χ2v) is 8.87. The summed E-state index contributed by atoms with van der Waals surface area (Å²) in [5, 5.41) is 2.81. The molecule has 3 aromatic carbocycles. The fourth-order valence-corrected chi connectivity index (χ4v) is 4.61. The van der Waals surface area contributed by atoms with Crippen molar-refractivity contribution in [3.8, 4) is 5.75 Å². The highest BCUT2D eigenvalue weighted by atomic mass is 19.1. The van der Waals surface area contributed by atoms with E-state index in [9.17, 15) is 18.4 Å². The number of hydrogen-bond acceptors (Lipinski definition) is 3. The standard InChI is InChI=1S/C29H30F2N2O3/c1-3-26(29(35)32-18-19-7-5-9-22(30)15-19)36-24-12-11-20-13-14-33(27(34)4-2)28(25(20)17-24)21-8-6-10-23(31)16-21/h5-12,15-17,26,28H,3-4,13-14,18H2,1-2H3,(H,32,35)/t26-,28+/m1/s1. The first-order chi connectivity index (χ1) is 17.4. The van der Waals surface area contributed by atoms with E-state index in [1.165, 1.54) is 24.3 Å². The number of nitrogens with one attached hydrogen (secondary N) is 1. The minimum Gasteiger partial charge on any atom is -0.481 e. The molecular weight excluding hydrogens is 462 g/mol. The molecule has 7 heteroatoms. The zero-order valence-electron chi connectivity index (χ0n) is 20.5. The largest absolute Gasteiger partial charge is 0.481 e. The van der Waals surface area contributed by atoms with Crippen LogP contribution in [-0.4, -0.2) is 29.4 Å². The molecule has 1 aliphatic rings. The molecule has 5 nitrogen and oxygen atoms in total. The lowest BCUT2D eigenvalue weighted by Gasteiger charge is -2.38. The first-order valence-electron chi connectivity index (χ1n) is 12.3. The van der Waals surface area contributed by atoms with E-state index in [4.69, 9.17) is 4.74 Å². The zero-order valence-corrected chi connectivity index (χ0v) is 20.5. The van der Waals surface area contributed by atoms with Crippen LogP contribution in [0.1, 0.15) is 55.0 Å². The van der Waals surface area contributed by atoms with Gasteiger partial charge < -0.3 is 15.0 Å². The van der Waals surface area contributed by atoms with Gasteiger partial charge in [0, 0.05) is 19.5 Å². The highest BCUT2D eigenvalue weighted by molar-refractivity contribution is 5.81. The maximum atomic E-state index is 14.1. The Bertz CT molecular complexity index is 1250. The predicted octanol–water partition coefficient (Wildman–Crippen LogP) is 5.32. The number of ether oxygens (including phenoxy) is 1. The van der Waals surface area contributed by atoms with Crippen LogP contribution in [0.25, 0.3) is 0 Å². The third-order valence-electron chi connectivity index (χ3n) is 6.43. The van der Waals surface area contributed by atoms with Gasteiger partial charge in [-0.2, -0.15) is 0 Å². The monoisotopic (exact) mass is 492 g/mol. The molecule has 2 atom stereocenters. The van der Waals surface area contributed by atoms with Crippen LogP contribution in [-0.2, 0) is 22.6 Å². The average Bonchev–Trinajstić information content (AvgIpc) is 2.89. The highest BCUT2D eigenvalue weighted by Gasteiger charge is 2.32. The maximum Gasteiger partial charge on any atom is 0.261 e. The summed E-state index contributed by atoms with van der Waals surface area (Å²) in [6.07, 6.45) is 0.709. The summed E-state index contributed by atoms with van der Waals surface area (Å²) in [6, 6.07) is 17.5. The predicted molar refractivity (Wildman–Crippen MR) is 133 cm³/mol. The fraction of sp³-hybridized carbons (Fsp3) is 0.310. The molecule has 188 valence electrons. The molecule has 1 N–H and O–H groups in total. The zero-order chi connectivity index (χ0) is 25.7. The minimum absolute atomic E-state index is 0.00982. The molecule has 0 saturated heterocycles. The Morgan fingerprint density at radius 3 is 2.47 bits per heavy atom. The maximum absolute atomic E-state index is 14.1. The summed E-state index contributed by atoms with van der Waals surface area (Å²) in [5.41, 5.74) is 3.27. The Balaban J connectivity index is 1.57. The average molecular weight is 493 g/mol. The molecule has 1 heterocycles. The van der Waals surface area contributed by atoms with Gasteiger partial charge in [0.25, 0.3) is 5.91 Å². The van der Waals surface area contributed by atoms with E-state index in [0.717, 1.165) is 11.1 Å². The van der Waals surface area contributed by atoms with E-state index in [0.29, 0.717) is 42.7 Å². The molecule has 36 heavy (non-hydrogen) atoms. The van der Waals surface area contributed by atoms with Gasteiger partial charge >= 0.3 is 0 Å². The van der Waals surface area contributed by atoms with Crippen LogP contribution >= 0.6 is 0 Å². The normalized spacial score (nSPS) is 15.7. The molecule has 0 radical (unpaired) electrons. The van der Waals surface area contributed by atoms with Gasteiger partial charge in [0.05, 0.1) is 6.04 Å². The molecule has 0 bridgehead atoms. The first-order valence-corrected chi connectivity index (χ1v) is 12.3. The summed E-state index contributed by atoms with van der Waals surface area (Å²) >= 11 is 0. The number of amides is 2. The molecule has 0 spiro atoms. The van der Waals surface area contributed by atoms with Gasteiger partial charge in [0.2, 0.25) is 5.91 Å². The summed E-state index contributed by atoms with van der Waals surface area (Å²) in [5.74, 6) is -0.540. The summed E-state index contributed by atoms with van der Waals surface area (Å²) < 4.78 is 33.6. The number of carbonyl (C=O) groups is 2. The quantitative estimate of drug-likeness (QED) is 0.463. The molecule has 1 aliphatic heterocycles. The molecule has 4 rings (SSSR count). The van der Waals surface area contributed by atoms with Gasteiger partial charge in [0.1, 0.15) is 17.4 Å². The molecule has 0 saturated carbocycles. The van der Waals surface area contributed by atoms with Crippen molar-refractivity contribution in [2.75, 3.05) is 6.54 Å². The third kappa shape index (κ3) is 5.73. The first kappa shape index (κ1) is 25.4. The summed E-state index contributed by atoms with van der Waals surface area (Å²) in [7, 11) is 0. The lowest BCUT2D eigenvalue weighted by molar-refractivity contribution is -0.133. The summed E-state index contributed by atoms with van der Waals surface area (Å²) in [6.45, 7) is 4.40. The highest BCUT2D eigenvalue weighted by Crippen LogP contribution is 2.38. The molecule has 0 fully saturated rings. The van der Waals surface area contributed by atoms with Crippen LogP contribution in [0.2, 0.25) is 0 Å². The van der Waals surface area contributed by atoms with Crippen molar-refractivity contribution in [3.05, 3.63) is 101 Å². The van der Waals surface area contributed by atoms with Crippen molar-refractivity contribution in [3.63, 3.8) is 0 Å². The number of rotatable bonds is 8. The van der Waals surface area contributed by atoms with Gasteiger partial charge in [-0.05, 0) is 71.5 Å². The lowest BCUT2D eigenvalue weighted by atomic mass is 9.87. The number of benzene rings is 3. The second kappa shape index (κ2) is 11.3. The SMILES string of the molecule is CCC(=O)N1CCc2ccc(O[C@H](CC)C(=O)NCc3cccc(F)c3)cc2[C@@H]1c1cccc(F)c1. The molecule has 0 aliphatic carbocycles. The smallest absolute Gasteiger partial charge is 0.261 e. The number of halogens is 2. The Morgan fingerprint density at radius 1 is 1.03 bits per heavy atom. The van der Waals surface area contributed by atoms with E-state index in [2.05, 4.69) is 5.32 Å². The fourth-order valence-electron chi connectivity index (χ4n) is 4.61. The van der Waals surface area contributed by atoms with Crippen molar-refractivity contribution in [1.82, 2.24) is 10.2 Å². The van der Waals surface area contributed by atoms with Gasteiger partial charge in [-0.3, -0.25) is 9.59 Å². The second-order valence-electron chi connectivity index (χ2n) is 8.87. The molecular formula is C29H30F2N2O3. The summed E-state index contributed by atoms with van der Waals surface area (Å²) in [4.78, 5) is 27.4. The van der Waals surface area contributed by atoms with Crippen molar-refractivity contribution >= 4 is 11.8 Å². The molecule has 0 aromatic heterocycles. The number of carbonyl (C=O) groups excluding carboxylic acids is 2. The number of nitrogens with zero attached hydrogens (tertiary/aromatic N) is 1. The minimum atomic E-state index is -0.749. The molecule has 0 unspecified atom stereocenters. The molecule has 3 aromatic rings. The Hall–Kier alpha value is -3.74. The van der Waals surface area contributed by atoms with Gasteiger partial charge in [-0.1, -0.05) is 44.2 Å². The van der Waals surface area contributed by atoms with E-state index >= 15 is 0 Å².